The topological polar surface area (TPSA) is 89.9 Å². The molecule has 2 rings (SSSR count). The molecule has 3 N–H and O–H groups in total. The normalized spacial score (nSPS) is 17.0. The van der Waals surface area contributed by atoms with E-state index in [0.717, 1.165) is 22.8 Å². The van der Waals surface area contributed by atoms with Gasteiger partial charge in [0.2, 0.25) is 0 Å². The van der Waals surface area contributed by atoms with Gasteiger partial charge in [0, 0.05) is 25.0 Å². The molecule has 0 spiro atoms. The van der Waals surface area contributed by atoms with Crippen LogP contribution in [0, 0.1) is 5.92 Å². The summed E-state index contributed by atoms with van der Waals surface area (Å²) in [4.78, 5) is 26.8. The van der Waals surface area contributed by atoms with Crippen LogP contribution in [0.25, 0.3) is 0 Å². The highest BCUT2D eigenvalue weighted by Gasteiger charge is 2.32. The summed E-state index contributed by atoms with van der Waals surface area (Å²) in [6.45, 7) is 0.503. The number of allylic oxidation sites excluding steroid dienone is 3. The highest BCUT2D eigenvalue weighted by atomic mass is 32.2. The molecule has 170 valence electrons. The van der Waals surface area contributed by atoms with Gasteiger partial charge in [-0.25, -0.2) is 0 Å². The van der Waals surface area contributed by atoms with Crippen molar-refractivity contribution in [2.24, 2.45) is 5.92 Å². The summed E-state index contributed by atoms with van der Waals surface area (Å²) in [5, 5.41) is 22.9. The van der Waals surface area contributed by atoms with Crippen LogP contribution in [-0.4, -0.2) is 59.0 Å². The largest absolute Gasteiger partial charge is 0.380 e. The molecule has 0 aromatic heterocycles. The van der Waals surface area contributed by atoms with E-state index in [2.05, 4.69) is 11.4 Å². The van der Waals surface area contributed by atoms with Crippen molar-refractivity contribution >= 4 is 23.6 Å². The van der Waals surface area contributed by atoms with E-state index in [1.807, 2.05) is 48.7 Å². The summed E-state index contributed by atoms with van der Waals surface area (Å²) in [5.41, 5.74) is 0.889. The molecular formula is C24H34N2O4S. The number of carbonyl (C=O) groups is 2. The molecule has 31 heavy (non-hydrogen) atoms. The lowest BCUT2D eigenvalue weighted by atomic mass is 10.0. The van der Waals surface area contributed by atoms with Gasteiger partial charge in [-0.1, -0.05) is 74.2 Å². The van der Waals surface area contributed by atoms with Crippen LogP contribution in [0.2, 0.25) is 0 Å². The molecule has 2 amide bonds. The first kappa shape index (κ1) is 25.2. The Hall–Kier alpha value is -2.09. The van der Waals surface area contributed by atoms with Gasteiger partial charge in [-0.2, -0.15) is 0 Å². The molecule has 0 heterocycles. The van der Waals surface area contributed by atoms with Crippen LogP contribution in [0.1, 0.15) is 37.7 Å². The van der Waals surface area contributed by atoms with Crippen LogP contribution < -0.4 is 5.32 Å². The first-order chi connectivity index (χ1) is 14.9. The van der Waals surface area contributed by atoms with E-state index in [1.165, 1.54) is 49.4 Å². The Morgan fingerprint density at radius 2 is 1.87 bits per heavy atom. The minimum atomic E-state index is -1.83. The summed E-state index contributed by atoms with van der Waals surface area (Å²) in [7, 11) is 1.52. The molecule has 2 atom stereocenters. The minimum absolute atomic E-state index is 0.228. The van der Waals surface area contributed by atoms with Crippen LogP contribution in [0.4, 0.5) is 0 Å². The number of likely N-dealkylation sites (N-methyl/N-ethyl adjacent to an activating group) is 1. The maximum atomic E-state index is 12.4. The Morgan fingerprint density at radius 1 is 1.19 bits per heavy atom. The fraction of sp³-hybridized carbons (Fsp3) is 0.500. The first-order valence-corrected chi connectivity index (χ1v) is 12.0. The van der Waals surface area contributed by atoms with Crippen molar-refractivity contribution in [3.8, 4) is 0 Å². The van der Waals surface area contributed by atoms with Crippen molar-refractivity contribution in [2.75, 3.05) is 19.8 Å². The molecule has 0 saturated heterocycles. The molecule has 1 aliphatic rings. The number of benzene rings is 1. The first-order valence-electron chi connectivity index (χ1n) is 10.7. The smallest absolute Gasteiger partial charge is 0.254 e. The number of thioether (sulfide) groups is 1. The molecule has 1 fully saturated rings. The molecule has 0 radical (unpaired) electrons. The fourth-order valence-electron chi connectivity index (χ4n) is 3.61. The summed E-state index contributed by atoms with van der Waals surface area (Å²) >= 11 is 1.50. The van der Waals surface area contributed by atoms with Gasteiger partial charge in [0.1, 0.15) is 0 Å². The summed E-state index contributed by atoms with van der Waals surface area (Å²) in [6.07, 6.45) is 10.7. The third-order valence-electron chi connectivity index (χ3n) is 5.52. The number of nitrogens with zero attached hydrogens (tertiary/aromatic N) is 1. The number of hydrogen-bond donors (Lipinski definition) is 3. The molecule has 6 nitrogen and oxygen atoms in total. The van der Waals surface area contributed by atoms with E-state index >= 15 is 0 Å². The van der Waals surface area contributed by atoms with Gasteiger partial charge in [-0.3, -0.25) is 9.59 Å². The SMILES string of the molecule is CS/C(=C\C=C\CC1CCCC1)CNC(=O)C(O)C(O)C(=O)N(C)Cc1ccccc1. The van der Waals surface area contributed by atoms with Gasteiger partial charge in [0.25, 0.3) is 11.8 Å². The fourth-order valence-corrected chi connectivity index (χ4v) is 4.04. The highest BCUT2D eigenvalue weighted by Crippen LogP contribution is 2.27. The molecule has 1 aliphatic carbocycles. The van der Waals surface area contributed by atoms with E-state index in [0.29, 0.717) is 0 Å². The molecule has 0 bridgehead atoms. The summed E-state index contributed by atoms with van der Waals surface area (Å²) in [5.74, 6) is -0.692. The van der Waals surface area contributed by atoms with Gasteiger partial charge < -0.3 is 20.4 Å². The molecule has 0 aliphatic heterocycles. The lowest BCUT2D eigenvalue weighted by Crippen LogP contribution is -2.50. The molecule has 1 saturated carbocycles. The highest BCUT2D eigenvalue weighted by molar-refractivity contribution is 8.02. The molecular weight excluding hydrogens is 412 g/mol. The van der Waals surface area contributed by atoms with Gasteiger partial charge >= 0.3 is 0 Å². The lowest BCUT2D eigenvalue weighted by Gasteiger charge is -2.23. The van der Waals surface area contributed by atoms with E-state index in [1.54, 1.807) is 0 Å². The van der Waals surface area contributed by atoms with Crippen LogP contribution >= 0.6 is 11.8 Å². The second kappa shape index (κ2) is 13.3. The second-order valence-corrected chi connectivity index (χ2v) is 8.87. The zero-order valence-corrected chi connectivity index (χ0v) is 19.2. The Balaban J connectivity index is 1.80. The third kappa shape index (κ3) is 8.51. The van der Waals surface area contributed by atoms with E-state index in [-0.39, 0.29) is 13.1 Å². The van der Waals surface area contributed by atoms with Crippen molar-refractivity contribution in [1.82, 2.24) is 10.2 Å². The zero-order valence-electron chi connectivity index (χ0n) is 18.4. The van der Waals surface area contributed by atoms with Crippen LogP contribution in [-0.2, 0) is 16.1 Å². The van der Waals surface area contributed by atoms with Crippen molar-refractivity contribution in [3.63, 3.8) is 0 Å². The monoisotopic (exact) mass is 446 g/mol. The summed E-state index contributed by atoms with van der Waals surface area (Å²) in [6, 6.07) is 9.30. The molecule has 2 unspecified atom stereocenters. The van der Waals surface area contributed by atoms with Crippen LogP contribution in [0.15, 0.2) is 53.5 Å². The van der Waals surface area contributed by atoms with Gasteiger partial charge in [0.05, 0.1) is 0 Å². The predicted octanol–water partition coefficient (Wildman–Crippen LogP) is 2.87. The minimum Gasteiger partial charge on any atom is -0.380 e. The average Bonchev–Trinajstić information content (AvgIpc) is 3.31. The maximum Gasteiger partial charge on any atom is 0.254 e. The summed E-state index contributed by atoms with van der Waals surface area (Å²) < 4.78 is 0. The standard InChI is InChI=1S/C24H34N2O4S/c1-26(17-19-13-4-3-5-14-19)24(30)22(28)21(27)23(29)25-16-20(31-2)15-9-8-12-18-10-6-7-11-18/h3-5,8-9,13-15,18,21-22,27-28H,6-7,10-12,16-17H2,1-2H3,(H,25,29)/b9-8+,20-15-. The second-order valence-electron chi connectivity index (χ2n) is 7.94. The van der Waals surface area contributed by atoms with E-state index in [9.17, 15) is 19.8 Å². The maximum absolute atomic E-state index is 12.4. The van der Waals surface area contributed by atoms with Gasteiger partial charge in [-0.15, -0.1) is 11.8 Å². The average molecular weight is 447 g/mol. The number of nitrogens with one attached hydrogen (secondary N) is 1. The number of rotatable bonds is 11. The number of hydrogen-bond acceptors (Lipinski definition) is 5. The van der Waals surface area contributed by atoms with Crippen molar-refractivity contribution in [3.05, 3.63) is 59.0 Å². The van der Waals surface area contributed by atoms with Gasteiger partial charge in [0.15, 0.2) is 12.2 Å². The quantitative estimate of drug-likeness (QED) is 0.455. The van der Waals surface area contributed by atoms with E-state index in [4.69, 9.17) is 0 Å². The molecule has 7 heteroatoms. The Bertz CT molecular complexity index is 760. The Morgan fingerprint density at radius 3 is 2.52 bits per heavy atom. The van der Waals surface area contributed by atoms with Crippen molar-refractivity contribution < 1.29 is 19.8 Å². The Labute approximate surface area is 189 Å². The number of aliphatic hydroxyl groups excluding tert-OH is 2. The molecule has 1 aromatic carbocycles. The third-order valence-corrected chi connectivity index (χ3v) is 6.33. The lowest BCUT2D eigenvalue weighted by molar-refractivity contribution is -0.152. The number of carbonyl (C=O) groups excluding carboxylic acids is 2. The zero-order chi connectivity index (χ0) is 22.6. The van der Waals surface area contributed by atoms with Gasteiger partial charge in [-0.05, 0) is 24.2 Å². The molecule has 1 aromatic rings. The van der Waals surface area contributed by atoms with Crippen molar-refractivity contribution in [1.29, 1.82) is 0 Å². The number of aliphatic hydroxyl groups is 2. The Kier molecular flexibility index (Phi) is 10.8. The van der Waals surface area contributed by atoms with Crippen LogP contribution in [0.3, 0.4) is 0 Å². The van der Waals surface area contributed by atoms with Crippen molar-refractivity contribution in [2.45, 2.75) is 50.9 Å². The van der Waals surface area contributed by atoms with Crippen LogP contribution in [0.5, 0.6) is 0 Å². The van der Waals surface area contributed by atoms with E-state index < -0.39 is 24.0 Å². The predicted molar refractivity (Wildman–Crippen MR) is 125 cm³/mol. The number of amides is 2.